The Morgan fingerprint density at radius 3 is 2.50 bits per heavy atom. The van der Waals surface area contributed by atoms with Crippen LogP contribution in [0.15, 0.2) is 24.4 Å². The first-order valence-electron chi connectivity index (χ1n) is 6.06. The highest BCUT2D eigenvalue weighted by Crippen LogP contribution is 2.26. The van der Waals surface area contributed by atoms with Crippen molar-refractivity contribution in [3.05, 3.63) is 52.3 Å². The predicted molar refractivity (Wildman–Crippen MR) is 73.0 cm³/mol. The maximum Gasteiger partial charge on any atom is 0.0746 e. The van der Waals surface area contributed by atoms with Crippen molar-refractivity contribution < 1.29 is 0 Å². The summed E-state index contributed by atoms with van der Waals surface area (Å²) in [7, 11) is 1.92. The van der Waals surface area contributed by atoms with E-state index in [-0.39, 0.29) is 6.04 Å². The topological polar surface area (TPSA) is 55.9 Å². The van der Waals surface area contributed by atoms with Crippen LogP contribution in [0.3, 0.4) is 0 Å². The summed E-state index contributed by atoms with van der Waals surface area (Å²) in [4.78, 5) is 0. The predicted octanol–water partition coefficient (Wildman–Crippen LogP) is 1.90. The Balaban J connectivity index is 2.51. The standard InChI is InChI=1S/C14H20N4/c1-9-5-6-10(2)12(7-9)14(16-15)13-8-18(4)17-11(13)3/h5-8,14,16H,15H2,1-4H3. The molecule has 1 aromatic heterocycles. The second-order valence-corrected chi connectivity index (χ2v) is 4.80. The molecular weight excluding hydrogens is 224 g/mol. The van der Waals surface area contributed by atoms with Crippen molar-refractivity contribution in [1.82, 2.24) is 15.2 Å². The van der Waals surface area contributed by atoms with E-state index in [9.17, 15) is 0 Å². The molecule has 0 saturated heterocycles. The monoisotopic (exact) mass is 244 g/mol. The van der Waals surface area contributed by atoms with Gasteiger partial charge in [-0.1, -0.05) is 23.8 Å². The van der Waals surface area contributed by atoms with Crippen LogP contribution in [0.2, 0.25) is 0 Å². The highest BCUT2D eigenvalue weighted by atomic mass is 15.3. The zero-order valence-corrected chi connectivity index (χ0v) is 11.4. The third kappa shape index (κ3) is 2.30. The van der Waals surface area contributed by atoms with Gasteiger partial charge in [0.25, 0.3) is 0 Å². The largest absolute Gasteiger partial charge is 0.275 e. The lowest BCUT2D eigenvalue weighted by Crippen LogP contribution is -2.29. The molecule has 0 aliphatic carbocycles. The summed E-state index contributed by atoms with van der Waals surface area (Å²) in [5, 5.41) is 4.38. The molecule has 0 aliphatic heterocycles. The molecular formula is C14H20N4. The van der Waals surface area contributed by atoms with Crippen LogP contribution < -0.4 is 11.3 Å². The molecule has 1 unspecified atom stereocenters. The van der Waals surface area contributed by atoms with E-state index in [2.05, 4.69) is 42.6 Å². The minimum Gasteiger partial charge on any atom is -0.275 e. The Labute approximate surface area is 108 Å². The van der Waals surface area contributed by atoms with Gasteiger partial charge in [-0.2, -0.15) is 5.10 Å². The van der Waals surface area contributed by atoms with Gasteiger partial charge in [-0.25, -0.2) is 5.43 Å². The highest BCUT2D eigenvalue weighted by Gasteiger charge is 2.19. The summed E-state index contributed by atoms with van der Waals surface area (Å²) in [6.07, 6.45) is 2.02. The number of hydrazine groups is 1. The van der Waals surface area contributed by atoms with Gasteiger partial charge in [-0.3, -0.25) is 10.5 Å². The Bertz CT molecular complexity index is 557. The summed E-state index contributed by atoms with van der Waals surface area (Å²) < 4.78 is 1.82. The number of hydrogen-bond donors (Lipinski definition) is 2. The maximum absolute atomic E-state index is 5.75. The number of hydrogen-bond acceptors (Lipinski definition) is 3. The van der Waals surface area contributed by atoms with Gasteiger partial charge in [0.1, 0.15) is 0 Å². The molecule has 1 aromatic carbocycles. The van der Waals surface area contributed by atoms with Gasteiger partial charge in [0.05, 0.1) is 11.7 Å². The van der Waals surface area contributed by atoms with Crippen molar-refractivity contribution in [1.29, 1.82) is 0 Å². The van der Waals surface area contributed by atoms with Crippen molar-refractivity contribution in [2.45, 2.75) is 26.8 Å². The normalized spacial score (nSPS) is 12.7. The molecule has 0 bridgehead atoms. The van der Waals surface area contributed by atoms with Crippen molar-refractivity contribution in [2.24, 2.45) is 12.9 Å². The molecule has 1 heterocycles. The third-order valence-corrected chi connectivity index (χ3v) is 3.27. The Kier molecular flexibility index (Phi) is 3.50. The summed E-state index contributed by atoms with van der Waals surface area (Å²) in [6.45, 7) is 6.20. The van der Waals surface area contributed by atoms with Crippen molar-refractivity contribution in [3.8, 4) is 0 Å². The van der Waals surface area contributed by atoms with Crippen molar-refractivity contribution >= 4 is 0 Å². The van der Waals surface area contributed by atoms with E-state index in [0.717, 1.165) is 11.3 Å². The van der Waals surface area contributed by atoms with Crippen LogP contribution in [-0.2, 0) is 7.05 Å². The lowest BCUT2D eigenvalue weighted by Gasteiger charge is -2.18. The minimum absolute atomic E-state index is 0.0152. The third-order valence-electron chi connectivity index (χ3n) is 3.27. The molecule has 4 nitrogen and oxygen atoms in total. The van der Waals surface area contributed by atoms with E-state index in [4.69, 9.17) is 5.84 Å². The molecule has 1 atom stereocenters. The van der Waals surface area contributed by atoms with Gasteiger partial charge in [0, 0.05) is 18.8 Å². The number of nitrogens with two attached hydrogens (primary N) is 1. The summed E-state index contributed by atoms with van der Waals surface area (Å²) in [6, 6.07) is 6.40. The van der Waals surface area contributed by atoms with Gasteiger partial charge in [-0.15, -0.1) is 0 Å². The zero-order chi connectivity index (χ0) is 13.3. The summed E-state index contributed by atoms with van der Waals surface area (Å²) in [5.41, 5.74) is 8.69. The second kappa shape index (κ2) is 4.92. The fourth-order valence-electron chi connectivity index (χ4n) is 2.32. The van der Waals surface area contributed by atoms with Crippen molar-refractivity contribution in [3.63, 3.8) is 0 Å². The van der Waals surface area contributed by atoms with Gasteiger partial charge >= 0.3 is 0 Å². The molecule has 96 valence electrons. The number of aromatic nitrogens is 2. The molecule has 0 amide bonds. The van der Waals surface area contributed by atoms with Crippen LogP contribution in [0.1, 0.15) is 34.0 Å². The molecule has 0 fully saturated rings. The van der Waals surface area contributed by atoms with E-state index in [0.29, 0.717) is 0 Å². The van der Waals surface area contributed by atoms with Gasteiger partial charge in [-0.05, 0) is 31.9 Å². The van der Waals surface area contributed by atoms with Crippen LogP contribution in [0.4, 0.5) is 0 Å². The quantitative estimate of drug-likeness (QED) is 0.640. The maximum atomic E-state index is 5.75. The molecule has 2 aromatic rings. The highest BCUT2D eigenvalue weighted by molar-refractivity contribution is 5.39. The van der Waals surface area contributed by atoms with Gasteiger partial charge in [0.15, 0.2) is 0 Å². The molecule has 3 N–H and O–H groups in total. The molecule has 0 spiro atoms. The van der Waals surface area contributed by atoms with Crippen LogP contribution in [-0.4, -0.2) is 9.78 Å². The van der Waals surface area contributed by atoms with E-state index in [1.54, 1.807) is 0 Å². The Morgan fingerprint density at radius 2 is 1.94 bits per heavy atom. The molecule has 2 rings (SSSR count). The molecule has 0 aliphatic rings. The summed E-state index contributed by atoms with van der Waals surface area (Å²) >= 11 is 0. The number of rotatable bonds is 3. The van der Waals surface area contributed by atoms with Gasteiger partial charge in [0.2, 0.25) is 0 Å². The fourth-order valence-corrected chi connectivity index (χ4v) is 2.32. The average Bonchev–Trinajstić information content (AvgIpc) is 2.64. The number of nitrogens with one attached hydrogen (secondary N) is 1. The number of benzene rings is 1. The molecule has 0 saturated carbocycles. The van der Waals surface area contributed by atoms with E-state index >= 15 is 0 Å². The first-order valence-corrected chi connectivity index (χ1v) is 6.06. The van der Waals surface area contributed by atoms with Crippen LogP contribution >= 0.6 is 0 Å². The zero-order valence-electron chi connectivity index (χ0n) is 11.4. The van der Waals surface area contributed by atoms with E-state index in [1.165, 1.54) is 16.7 Å². The number of nitrogens with zero attached hydrogens (tertiary/aromatic N) is 2. The lowest BCUT2D eigenvalue weighted by molar-refractivity contribution is 0.629. The van der Waals surface area contributed by atoms with E-state index in [1.807, 2.05) is 24.9 Å². The number of aryl methyl sites for hydroxylation is 4. The summed E-state index contributed by atoms with van der Waals surface area (Å²) in [5.74, 6) is 5.75. The molecule has 18 heavy (non-hydrogen) atoms. The molecule has 4 heteroatoms. The average molecular weight is 244 g/mol. The SMILES string of the molecule is Cc1ccc(C)c(C(NN)c2cn(C)nc2C)c1. The lowest BCUT2D eigenvalue weighted by atomic mass is 9.94. The van der Waals surface area contributed by atoms with Crippen molar-refractivity contribution in [2.75, 3.05) is 0 Å². The Morgan fingerprint density at radius 1 is 1.22 bits per heavy atom. The van der Waals surface area contributed by atoms with Gasteiger partial charge < -0.3 is 0 Å². The minimum atomic E-state index is -0.0152. The fraction of sp³-hybridized carbons (Fsp3) is 0.357. The second-order valence-electron chi connectivity index (χ2n) is 4.80. The Hall–Kier alpha value is -1.65. The molecule has 0 radical (unpaired) electrons. The smallest absolute Gasteiger partial charge is 0.0746 e. The van der Waals surface area contributed by atoms with Crippen LogP contribution in [0.5, 0.6) is 0 Å². The first kappa shape index (κ1) is 12.8. The van der Waals surface area contributed by atoms with E-state index < -0.39 is 0 Å². The first-order chi connectivity index (χ1) is 8.52. The van der Waals surface area contributed by atoms with Crippen LogP contribution in [0.25, 0.3) is 0 Å². The van der Waals surface area contributed by atoms with Crippen LogP contribution in [0, 0.1) is 20.8 Å².